The Kier molecular flexibility index (Phi) is 3.83. The van der Waals surface area contributed by atoms with Gasteiger partial charge in [-0.15, -0.1) is 0 Å². The van der Waals surface area contributed by atoms with E-state index in [2.05, 4.69) is 0 Å². The number of benzene rings is 2. The summed E-state index contributed by atoms with van der Waals surface area (Å²) in [5, 5.41) is 0.930. The average molecular weight is 295 g/mol. The van der Waals surface area contributed by atoms with Crippen LogP contribution in [0.15, 0.2) is 48.5 Å². The van der Waals surface area contributed by atoms with E-state index < -0.39 is 0 Å². The maximum atomic E-state index is 5.42. The Hall–Kier alpha value is -2.75. The van der Waals surface area contributed by atoms with Crippen molar-refractivity contribution in [2.75, 3.05) is 21.3 Å². The molecule has 0 aliphatic rings. The van der Waals surface area contributed by atoms with Gasteiger partial charge in [0.25, 0.3) is 0 Å². The van der Waals surface area contributed by atoms with Crippen LogP contribution in [0.1, 0.15) is 0 Å². The highest BCUT2D eigenvalue weighted by atomic mass is 16.5. The molecule has 0 saturated heterocycles. The molecule has 0 unspecified atom stereocenters. The van der Waals surface area contributed by atoms with E-state index >= 15 is 0 Å². The van der Waals surface area contributed by atoms with Crippen molar-refractivity contribution in [2.45, 2.75) is 0 Å². The molecule has 3 aromatic rings. The highest BCUT2D eigenvalue weighted by Crippen LogP contribution is 2.33. The second-order valence-corrected chi connectivity index (χ2v) is 4.79. The molecule has 0 atom stereocenters. The highest BCUT2D eigenvalue weighted by Gasteiger charge is 2.10. The lowest BCUT2D eigenvalue weighted by atomic mass is 10.1. The van der Waals surface area contributed by atoms with Crippen LogP contribution in [-0.4, -0.2) is 26.3 Å². The molecule has 0 amide bonds. The molecular weight excluding hydrogens is 278 g/mol. The van der Waals surface area contributed by atoms with E-state index in [1.165, 1.54) is 0 Å². The second-order valence-electron chi connectivity index (χ2n) is 4.79. The van der Waals surface area contributed by atoms with E-state index in [0.29, 0.717) is 0 Å². The Morgan fingerprint density at radius 3 is 2.00 bits per heavy atom. The third-order valence-electron chi connectivity index (χ3n) is 3.61. The second kappa shape index (κ2) is 5.93. The third kappa shape index (κ3) is 2.44. The van der Waals surface area contributed by atoms with Crippen LogP contribution in [0.2, 0.25) is 0 Å². The minimum atomic E-state index is 0.728. The Labute approximate surface area is 129 Å². The van der Waals surface area contributed by atoms with Crippen molar-refractivity contribution in [2.24, 2.45) is 0 Å². The summed E-state index contributed by atoms with van der Waals surface area (Å²) in [5.41, 5.74) is 2.68. The summed E-state index contributed by atoms with van der Waals surface area (Å²) in [7, 11) is 4.95. The lowest BCUT2D eigenvalue weighted by molar-refractivity contribution is 0.410. The molecule has 1 aromatic heterocycles. The first-order valence-corrected chi connectivity index (χ1v) is 6.93. The summed E-state index contributed by atoms with van der Waals surface area (Å²) >= 11 is 0. The summed E-state index contributed by atoms with van der Waals surface area (Å²) in [6.07, 6.45) is 0. The van der Waals surface area contributed by atoms with Crippen molar-refractivity contribution in [1.29, 1.82) is 0 Å². The third-order valence-corrected chi connectivity index (χ3v) is 3.61. The number of methoxy groups -OCH3 is 3. The fourth-order valence-electron chi connectivity index (χ4n) is 2.43. The zero-order valence-electron chi connectivity index (χ0n) is 12.8. The van der Waals surface area contributed by atoms with Crippen LogP contribution in [0.25, 0.3) is 22.2 Å². The minimum Gasteiger partial charge on any atom is -0.497 e. The first kappa shape index (κ1) is 14.2. The van der Waals surface area contributed by atoms with Crippen LogP contribution >= 0.6 is 0 Å². The maximum absolute atomic E-state index is 5.42. The van der Waals surface area contributed by atoms with Crippen molar-refractivity contribution in [1.82, 2.24) is 4.98 Å². The van der Waals surface area contributed by atoms with Gasteiger partial charge in [-0.2, -0.15) is 0 Å². The fourth-order valence-corrected chi connectivity index (χ4v) is 2.43. The molecule has 4 nitrogen and oxygen atoms in total. The summed E-state index contributed by atoms with van der Waals surface area (Å²) in [5.74, 6) is 2.33. The van der Waals surface area contributed by atoms with E-state index in [1.807, 2.05) is 48.5 Å². The van der Waals surface area contributed by atoms with Gasteiger partial charge in [0.2, 0.25) is 0 Å². The van der Waals surface area contributed by atoms with Crippen LogP contribution in [-0.2, 0) is 0 Å². The van der Waals surface area contributed by atoms with Gasteiger partial charge in [-0.25, -0.2) is 4.98 Å². The van der Waals surface area contributed by atoms with Gasteiger partial charge < -0.3 is 14.2 Å². The van der Waals surface area contributed by atoms with Gasteiger partial charge >= 0.3 is 0 Å². The van der Waals surface area contributed by atoms with E-state index in [1.54, 1.807) is 21.3 Å². The quantitative estimate of drug-likeness (QED) is 0.731. The molecule has 0 saturated carbocycles. The van der Waals surface area contributed by atoms with E-state index in [-0.39, 0.29) is 0 Å². The summed E-state index contributed by atoms with van der Waals surface area (Å²) in [6, 6.07) is 15.5. The van der Waals surface area contributed by atoms with E-state index in [0.717, 1.165) is 39.4 Å². The summed E-state index contributed by atoms with van der Waals surface area (Å²) in [4.78, 5) is 4.73. The largest absolute Gasteiger partial charge is 0.497 e. The lowest BCUT2D eigenvalue weighted by Gasteiger charge is -2.10. The van der Waals surface area contributed by atoms with Crippen LogP contribution < -0.4 is 14.2 Å². The zero-order valence-corrected chi connectivity index (χ0v) is 12.8. The summed E-state index contributed by atoms with van der Waals surface area (Å²) in [6.45, 7) is 0. The number of rotatable bonds is 4. The Morgan fingerprint density at radius 2 is 1.36 bits per heavy atom. The molecule has 112 valence electrons. The standard InChI is InChI=1S/C18H17NO3/c1-20-13-6-4-12(5-7-13)15-9-8-14-16(21-2)10-11-17(22-3)18(14)19-15/h4-11H,1-3H3. The van der Waals surface area contributed by atoms with Gasteiger partial charge in [0.1, 0.15) is 22.8 Å². The van der Waals surface area contributed by atoms with Gasteiger partial charge in [0.15, 0.2) is 0 Å². The van der Waals surface area contributed by atoms with Gasteiger partial charge in [-0.05, 0) is 48.5 Å². The smallest absolute Gasteiger partial charge is 0.145 e. The first-order valence-electron chi connectivity index (χ1n) is 6.93. The van der Waals surface area contributed by atoms with E-state index in [9.17, 15) is 0 Å². The number of ether oxygens (including phenoxy) is 3. The van der Waals surface area contributed by atoms with Gasteiger partial charge in [0, 0.05) is 10.9 Å². The van der Waals surface area contributed by atoms with Crippen molar-refractivity contribution < 1.29 is 14.2 Å². The van der Waals surface area contributed by atoms with E-state index in [4.69, 9.17) is 19.2 Å². The predicted octanol–water partition coefficient (Wildman–Crippen LogP) is 3.93. The molecule has 3 rings (SSSR count). The van der Waals surface area contributed by atoms with Gasteiger partial charge in [-0.1, -0.05) is 0 Å². The monoisotopic (exact) mass is 295 g/mol. The molecule has 0 radical (unpaired) electrons. The molecule has 4 heteroatoms. The molecule has 0 aliphatic carbocycles. The van der Waals surface area contributed by atoms with Crippen molar-refractivity contribution >= 4 is 10.9 Å². The first-order chi connectivity index (χ1) is 10.8. The van der Waals surface area contributed by atoms with Crippen molar-refractivity contribution in [3.63, 3.8) is 0 Å². The van der Waals surface area contributed by atoms with Crippen LogP contribution in [0.5, 0.6) is 17.2 Å². The average Bonchev–Trinajstić information content (AvgIpc) is 2.60. The molecule has 0 N–H and O–H groups in total. The maximum Gasteiger partial charge on any atom is 0.145 e. The molecular formula is C18H17NO3. The number of fused-ring (bicyclic) bond motifs is 1. The van der Waals surface area contributed by atoms with Gasteiger partial charge in [0.05, 0.1) is 27.0 Å². The highest BCUT2D eigenvalue weighted by molar-refractivity contribution is 5.91. The number of hydrogen-bond donors (Lipinski definition) is 0. The number of nitrogens with zero attached hydrogens (tertiary/aromatic N) is 1. The zero-order chi connectivity index (χ0) is 15.5. The van der Waals surface area contributed by atoms with Crippen LogP contribution in [0.3, 0.4) is 0 Å². The minimum absolute atomic E-state index is 0.728. The number of aromatic nitrogens is 1. The fraction of sp³-hybridized carbons (Fsp3) is 0.167. The topological polar surface area (TPSA) is 40.6 Å². The molecule has 1 heterocycles. The Morgan fingerprint density at radius 1 is 0.682 bits per heavy atom. The number of pyridine rings is 1. The molecule has 0 aliphatic heterocycles. The molecule has 2 aromatic carbocycles. The lowest BCUT2D eigenvalue weighted by Crippen LogP contribution is -1.93. The van der Waals surface area contributed by atoms with Crippen molar-refractivity contribution in [3.05, 3.63) is 48.5 Å². The molecule has 0 bridgehead atoms. The Bertz CT molecular complexity index is 797. The molecule has 0 spiro atoms. The Balaban J connectivity index is 2.15. The summed E-state index contributed by atoms with van der Waals surface area (Å²) < 4.78 is 16.0. The van der Waals surface area contributed by atoms with Gasteiger partial charge in [-0.3, -0.25) is 0 Å². The SMILES string of the molecule is COc1ccc(-c2ccc3c(OC)ccc(OC)c3n2)cc1. The number of hydrogen-bond acceptors (Lipinski definition) is 4. The molecule has 22 heavy (non-hydrogen) atoms. The molecule has 0 fully saturated rings. The van der Waals surface area contributed by atoms with Crippen molar-refractivity contribution in [3.8, 4) is 28.5 Å². The van der Waals surface area contributed by atoms with Crippen LogP contribution in [0.4, 0.5) is 0 Å². The predicted molar refractivity (Wildman–Crippen MR) is 86.8 cm³/mol. The van der Waals surface area contributed by atoms with Crippen LogP contribution in [0, 0.1) is 0 Å². The normalized spacial score (nSPS) is 10.5.